The molecule has 0 radical (unpaired) electrons. The van der Waals surface area contributed by atoms with Crippen LogP contribution in [0.25, 0.3) is 6.08 Å². The van der Waals surface area contributed by atoms with Crippen molar-refractivity contribution in [2.45, 2.75) is 5.60 Å². The molecule has 0 spiro atoms. The normalized spacial score (nSPS) is 11.6. The minimum Gasteiger partial charge on any atom is -0.477 e. The van der Waals surface area contributed by atoms with Crippen molar-refractivity contribution in [1.29, 1.82) is 0 Å². The molecule has 0 heterocycles. The van der Waals surface area contributed by atoms with Crippen molar-refractivity contribution in [3.05, 3.63) is 149 Å². The fraction of sp³-hybridized carbons (Fsp3) is 0.0345. The molecule has 4 aromatic rings. The van der Waals surface area contributed by atoms with Crippen molar-refractivity contribution >= 4 is 18.0 Å². The number of carbonyl (C=O) groups is 2. The molecule has 4 rings (SSSR count). The molecule has 0 aromatic heterocycles. The summed E-state index contributed by atoms with van der Waals surface area (Å²) in [5.74, 6) is -2.21. The first-order chi connectivity index (χ1) is 16.6. The lowest BCUT2D eigenvalue weighted by atomic mass is 9.80. The summed E-state index contributed by atoms with van der Waals surface area (Å²) in [5, 5.41) is 9.70. The van der Waals surface area contributed by atoms with Crippen molar-refractivity contribution in [3.8, 4) is 0 Å². The molecule has 0 unspecified atom stereocenters. The van der Waals surface area contributed by atoms with Gasteiger partial charge in [-0.2, -0.15) is 0 Å². The van der Waals surface area contributed by atoms with Gasteiger partial charge >= 0.3 is 5.97 Å². The van der Waals surface area contributed by atoms with Crippen molar-refractivity contribution in [2.24, 2.45) is 0 Å². The predicted octanol–water partition coefficient (Wildman–Crippen LogP) is 5.19. The van der Waals surface area contributed by atoms with Gasteiger partial charge in [0.25, 0.3) is 5.91 Å². The zero-order chi connectivity index (χ0) is 23.8. The van der Waals surface area contributed by atoms with Crippen LogP contribution < -0.4 is 5.48 Å². The first-order valence-electron chi connectivity index (χ1n) is 10.8. The van der Waals surface area contributed by atoms with E-state index in [1.165, 1.54) is 6.08 Å². The van der Waals surface area contributed by atoms with Gasteiger partial charge < -0.3 is 5.11 Å². The van der Waals surface area contributed by atoms with Gasteiger partial charge in [0.05, 0.1) is 0 Å². The lowest BCUT2D eigenvalue weighted by molar-refractivity contribution is -0.144. The summed E-state index contributed by atoms with van der Waals surface area (Å²) in [4.78, 5) is 31.2. The number of carboxylic acid groups (broad SMARTS) is 1. The Morgan fingerprint density at radius 2 is 1.03 bits per heavy atom. The van der Waals surface area contributed by atoms with E-state index in [9.17, 15) is 14.7 Å². The second kappa shape index (κ2) is 10.4. The summed E-state index contributed by atoms with van der Waals surface area (Å²) >= 11 is 0. The van der Waals surface area contributed by atoms with E-state index in [1.54, 1.807) is 24.3 Å². The first-order valence-corrected chi connectivity index (χ1v) is 10.8. The smallest absolute Gasteiger partial charge is 0.341 e. The maximum absolute atomic E-state index is 13.0. The third kappa shape index (κ3) is 4.80. The van der Waals surface area contributed by atoms with Crippen molar-refractivity contribution in [3.63, 3.8) is 0 Å². The maximum Gasteiger partial charge on any atom is 0.341 e. The third-order valence-electron chi connectivity index (χ3n) is 5.42. The number of carbonyl (C=O) groups excluding carboxylic acids is 1. The Balaban J connectivity index is 1.78. The average molecular weight is 450 g/mol. The molecule has 0 saturated heterocycles. The molecule has 0 saturated carbocycles. The Morgan fingerprint density at radius 1 is 0.647 bits per heavy atom. The van der Waals surface area contributed by atoms with E-state index in [-0.39, 0.29) is 0 Å². The van der Waals surface area contributed by atoms with Crippen LogP contribution >= 0.6 is 0 Å². The zero-order valence-electron chi connectivity index (χ0n) is 18.3. The van der Waals surface area contributed by atoms with E-state index in [2.05, 4.69) is 5.48 Å². The molecule has 0 bridgehead atoms. The lowest BCUT2D eigenvalue weighted by Crippen LogP contribution is -2.41. The molecule has 168 valence electrons. The number of carboxylic acids is 1. The number of hydroxylamine groups is 1. The minimum atomic E-state index is -1.35. The van der Waals surface area contributed by atoms with Gasteiger partial charge in [-0.05, 0) is 28.3 Å². The fourth-order valence-electron chi connectivity index (χ4n) is 3.81. The standard InChI is InChI=1S/C29H23NO4/c31-27(26(28(32)33)21-22-13-5-1-6-14-22)30-34-29(23-15-7-2-8-16-23,24-17-9-3-10-18-24)25-19-11-4-12-20-25/h1-21H,(H,30,31)(H,32,33)/b26-21+. The van der Waals surface area contributed by atoms with E-state index in [0.717, 1.165) is 16.7 Å². The fourth-order valence-corrected chi connectivity index (χ4v) is 3.81. The summed E-state index contributed by atoms with van der Waals surface area (Å²) < 4.78 is 0. The second-order valence-electron chi connectivity index (χ2n) is 7.59. The van der Waals surface area contributed by atoms with E-state index >= 15 is 0 Å². The van der Waals surface area contributed by atoms with E-state index in [0.29, 0.717) is 5.56 Å². The monoisotopic (exact) mass is 449 g/mol. The highest BCUT2D eigenvalue weighted by atomic mass is 16.7. The number of amides is 1. The van der Waals surface area contributed by atoms with Crippen LogP contribution in [0.3, 0.4) is 0 Å². The van der Waals surface area contributed by atoms with E-state index < -0.39 is 23.1 Å². The quantitative estimate of drug-likeness (QED) is 0.128. The number of aliphatic carboxylic acids is 1. The molecule has 1 amide bonds. The maximum atomic E-state index is 13.0. The lowest BCUT2D eigenvalue weighted by Gasteiger charge is -2.35. The molecule has 34 heavy (non-hydrogen) atoms. The summed E-state index contributed by atoms with van der Waals surface area (Å²) in [6, 6.07) is 37.3. The van der Waals surface area contributed by atoms with Crippen LogP contribution in [0.5, 0.6) is 0 Å². The molecule has 5 heteroatoms. The van der Waals surface area contributed by atoms with Gasteiger partial charge in [-0.15, -0.1) is 0 Å². The third-order valence-corrected chi connectivity index (χ3v) is 5.42. The SMILES string of the molecule is O=C(O)/C(=C/c1ccccc1)C(=O)NOC(c1ccccc1)(c1ccccc1)c1ccccc1. The minimum absolute atomic E-state index is 0.436. The molecule has 0 aliphatic heterocycles. The molecular weight excluding hydrogens is 426 g/mol. The zero-order valence-corrected chi connectivity index (χ0v) is 18.3. The van der Waals surface area contributed by atoms with Gasteiger partial charge in [0.15, 0.2) is 5.60 Å². The van der Waals surface area contributed by atoms with Gasteiger partial charge in [-0.1, -0.05) is 121 Å². The molecule has 2 N–H and O–H groups in total. The predicted molar refractivity (Wildman–Crippen MR) is 130 cm³/mol. The molecular formula is C29H23NO4. The van der Waals surface area contributed by atoms with Crippen molar-refractivity contribution in [2.75, 3.05) is 0 Å². The Morgan fingerprint density at radius 3 is 1.41 bits per heavy atom. The van der Waals surface area contributed by atoms with Crippen LogP contribution in [-0.2, 0) is 20.0 Å². The molecule has 4 aromatic carbocycles. The topological polar surface area (TPSA) is 75.6 Å². The van der Waals surface area contributed by atoms with Crippen molar-refractivity contribution in [1.82, 2.24) is 5.48 Å². The molecule has 5 nitrogen and oxygen atoms in total. The highest BCUT2D eigenvalue weighted by Gasteiger charge is 2.39. The molecule has 0 aliphatic carbocycles. The van der Waals surface area contributed by atoms with Gasteiger partial charge in [0.1, 0.15) is 5.57 Å². The average Bonchev–Trinajstić information content (AvgIpc) is 2.90. The number of hydrogen-bond donors (Lipinski definition) is 2. The molecule has 0 atom stereocenters. The van der Waals surface area contributed by atoms with Gasteiger partial charge in [0, 0.05) is 0 Å². The van der Waals surface area contributed by atoms with Crippen LogP contribution in [0.1, 0.15) is 22.3 Å². The Labute approximate surface area is 197 Å². The van der Waals surface area contributed by atoms with E-state index in [1.807, 2.05) is 97.1 Å². The summed E-state index contributed by atoms with van der Waals surface area (Å²) in [7, 11) is 0. The Bertz CT molecular complexity index is 1170. The van der Waals surface area contributed by atoms with Crippen LogP contribution in [0, 0.1) is 0 Å². The van der Waals surface area contributed by atoms with Crippen LogP contribution in [0.4, 0.5) is 0 Å². The summed E-state index contributed by atoms with van der Waals surface area (Å²) in [5.41, 5.74) is 3.70. The second-order valence-corrected chi connectivity index (χ2v) is 7.59. The molecule has 0 fully saturated rings. The number of hydrogen-bond acceptors (Lipinski definition) is 3. The van der Waals surface area contributed by atoms with Gasteiger partial charge in [0.2, 0.25) is 0 Å². The Hall–Kier alpha value is -4.48. The van der Waals surface area contributed by atoms with Gasteiger partial charge in [-0.25, -0.2) is 10.3 Å². The molecule has 0 aliphatic rings. The first kappa shape index (κ1) is 22.7. The number of rotatable bonds is 8. The largest absolute Gasteiger partial charge is 0.477 e. The Kier molecular flexibility index (Phi) is 6.96. The van der Waals surface area contributed by atoms with Crippen LogP contribution in [-0.4, -0.2) is 17.0 Å². The highest BCUT2D eigenvalue weighted by molar-refractivity contribution is 6.18. The van der Waals surface area contributed by atoms with Crippen molar-refractivity contribution < 1.29 is 19.5 Å². The van der Waals surface area contributed by atoms with Gasteiger partial charge in [-0.3, -0.25) is 9.63 Å². The van der Waals surface area contributed by atoms with Crippen LogP contribution in [0.15, 0.2) is 127 Å². The number of benzene rings is 4. The van der Waals surface area contributed by atoms with Crippen LogP contribution in [0.2, 0.25) is 0 Å². The number of nitrogens with one attached hydrogen (secondary N) is 1. The summed E-state index contributed by atoms with van der Waals surface area (Å²) in [6.07, 6.45) is 1.32. The van der Waals surface area contributed by atoms with E-state index in [4.69, 9.17) is 4.84 Å². The highest BCUT2D eigenvalue weighted by Crippen LogP contribution is 2.39. The summed E-state index contributed by atoms with van der Waals surface area (Å²) in [6.45, 7) is 0.